The summed E-state index contributed by atoms with van der Waals surface area (Å²) in [5.41, 5.74) is -0.0953. The number of rotatable bonds is 6. The van der Waals surface area contributed by atoms with Gasteiger partial charge in [0.1, 0.15) is 5.69 Å². The fourth-order valence-corrected chi connectivity index (χ4v) is 1.83. The second-order valence-electron chi connectivity index (χ2n) is 3.75. The zero-order valence-corrected chi connectivity index (χ0v) is 11.0. The molecule has 0 spiro atoms. The number of carbonyl (C=O) groups is 1. The summed E-state index contributed by atoms with van der Waals surface area (Å²) in [6.07, 6.45) is 1.24. The predicted octanol–water partition coefficient (Wildman–Crippen LogP) is -0.565. The third kappa shape index (κ3) is 4.34. The fourth-order valence-electron chi connectivity index (χ4n) is 1.44. The zero-order valence-electron chi connectivity index (χ0n) is 10.2. The number of nitrogens with two attached hydrogens (primary N) is 1. The summed E-state index contributed by atoms with van der Waals surface area (Å²) in [4.78, 5) is 21.8. The van der Waals surface area contributed by atoms with Crippen molar-refractivity contribution in [1.29, 1.82) is 0 Å². The summed E-state index contributed by atoms with van der Waals surface area (Å²) < 4.78 is 22.8. The van der Waals surface area contributed by atoms with E-state index in [0.29, 0.717) is 6.54 Å². The minimum Gasteiger partial charge on any atom is -0.350 e. The molecule has 1 rings (SSSR count). The van der Waals surface area contributed by atoms with Crippen LogP contribution in [0.2, 0.25) is 0 Å². The van der Waals surface area contributed by atoms with Crippen LogP contribution >= 0.6 is 0 Å². The minimum absolute atomic E-state index is 0.101. The molecule has 0 aliphatic carbocycles. The van der Waals surface area contributed by atoms with Crippen LogP contribution in [0.1, 0.15) is 17.4 Å². The number of hydrogen-bond donors (Lipinski definition) is 2. The molecule has 10 heteroatoms. The average molecular weight is 290 g/mol. The molecular formula is C9H14N4O5S. The number of carbonyl (C=O) groups excluding carboxylic acids is 1. The number of amides is 1. The van der Waals surface area contributed by atoms with Crippen molar-refractivity contribution in [3.05, 3.63) is 28.1 Å². The Morgan fingerprint density at radius 2 is 2.21 bits per heavy atom. The first kappa shape index (κ1) is 15.1. The van der Waals surface area contributed by atoms with Gasteiger partial charge in [-0.15, -0.1) is 0 Å². The van der Waals surface area contributed by atoms with Crippen molar-refractivity contribution in [2.75, 3.05) is 12.3 Å². The van der Waals surface area contributed by atoms with Crippen molar-refractivity contribution in [2.24, 2.45) is 5.14 Å². The molecule has 0 bridgehead atoms. The number of nitrogens with zero attached hydrogens (tertiary/aromatic N) is 2. The highest BCUT2D eigenvalue weighted by molar-refractivity contribution is 7.89. The maximum atomic E-state index is 11.8. The minimum atomic E-state index is -3.66. The van der Waals surface area contributed by atoms with Gasteiger partial charge in [-0.3, -0.25) is 14.9 Å². The average Bonchev–Trinajstić information content (AvgIpc) is 2.71. The molecule has 0 aliphatic rings. The largest absolute Gasteiger partial charge is 0.350 e. The molecule has 0 unspecified atom stereocenters. The second-order valence-corrected chi connectivity index (χ2v) is 5.48. The number of nitro groups is 1. The highest BCUT2D eigenvalue weighted by atomic mass is 32.2. The highest BCUT2D eigenvalue weighted by Crippen LogP contribution is 2.16. The first-order chi connectivity index (χ1) is 8.74. The molecule has 19 heavy (non-hydrogen) atoms. The maximum absolute atomic E-state index is 11.8. The molecular weight excluding hydrogens is 276 g/mol. The summed E-state index contributed by atoms with van der Waals surface area (Å²) in [6, 6.07) is 1.13. The van der Waals surface area contributed by atoms with E-state index in [9.17, 15) is 23.3 Å². The molecule has 9 nitrogen and oxygen atoms in total. The smallest absolute Gasteiger partial charge is 0.287 e. The molecule has 1 aromatic heterocycles. The van der Waals surface area contributed by atoms with Crippen LogP contribution in [-0.4, -0.2) is 36.1 Å². The molecule has 0 saturated heterocycles. The van der Waals surface area contributed by atoms with Gasteiger partial charge in [-0.1, -0.05) is 0 Å². The Balaban J connectivity index is 2.79. The number of aryl methyl sites for hydroxylation is 1. The molecule has 3 N–H and O–H groups in total. The van der Waals surface area contributed by atoms with Crippen molar-refractivity contribution >= 4 is 21.6 Å². The van der Waals surface area contributed by atoms with Crippen LogP contribution in [0.5, 0.6) is 0 Å². The topological polar surface area (TPSA) is 137 Å². The Hall–Kier alpha value is -1.94. The normalized spacial score (nSPS) is 11.3. The molecule has 106 valence electrons. The monoisotopic (exact) mass is 290 g/mol. The second kappa shape index (κ2) is 5.80. The lowest BCUT2D eigenvalue weighted by Gasteiger charge is -2.06. The maximum Gasteiger partial charge on any atom is 0.287 e. The molecule has 0 saturated carbocycles. The number of sulfonamides is 1. The Morgan fingerprint density at radius 1 is 1.58 bits per heavy atom. The van der Waals surface area contributed by atoms with E-state index in [0.717, 1.165) is 6.07 Å². The Kier molecular flexibility index (Phi) is 4.62. The number of aromatic nitrogens is 1. The van der Waals surface area contributed by atoms with E-state index in [2.05, 4.69) is 5.32 Å². The van der Waals surface area contributed by atoms with Crippen molar-refractivity contribution in [3.63, 3.8) is 0 Å². The Labute approximate surface area is 109 Å². The third-order valence-corrected chi connectivity index (χ3v) is 3.11. The van der Waals surface area contributed by atoms with E-state index in [1.54, 1.807) is 6.92 Å². The van der Waals surface area contributed by atoms with Crippen LogP contribution in [0.15, 0.2) is 12.3 Å². The highest BCUT2D eigenvalue weighted by Gasteiger charge is 2.18. The molecule has 0 aliphatic heterocycles. The van der Waals surface area contributed by atoms with Gasteiger partial charge in [0.15, 0.2) is 0 Å². The lowest BCUT2D eigenvalue weighted by molar-refractivity contribution is -0.384. The summed E-state index contributed by atoms with van der Waals surface area (Å²) in [6.45, 7) is 1.96. The SMILES string of the molecule is CCn1cc([N+](=O)[O-])cc1C(=O)NCCS(N)(=O)=O. The van der Waals surface area contributed by atoms with Crippen molar-refractivity contribution in [3.8, 4) is 0 Å². The van der Waals surface area contributed by atoms with Gasteiger partial charge in [0.2, 0.25) is 10.0 Å². The summed E-state index contributed by atoms with van der Waals surface area (Å²) >= 11 is 0. The van der Waals surface area contributed by atoms with Crippen LogP contribution in [0, 0.1) is 10.1 Å². The summed E-state index contributed by atoms with van der Waals surface area (Å²) in [7, 11) is -3.66. The molecule has 1 aromatic rings. The Bertz CT molecular complexity index is 592. The van der Waals surface area contributed by atoms with E-state index in [4.69, 9.17) is 5.14 Å². The van der Waals surface area contributed by atoms with Gasteiger partial charge >= 0.3 is 0 Å². The molecule has 0 atom stereocenters. The lowest BCUT2D eigenvalue weighted by Crippen LogP contribution is -2.32. The Morgan fingerprint density at radius 3 is 2.68 bits per heavy atom. The van der Waals surface area contributed by atoms with Crippen molar-refractivity contribution in [2.45, 2.75) is 13.5 Å². The zero-order chi connectivity index (χ0) is 14.6. The van der Waals surface area contributed by atoms with E-state index < -0.39 is 26.6 Å². The van der Waals surface area contributed by atoms with E-state index in [1.807, 2.05) is 0 Å². The van der Waals surface area contributed by atoms with Gasteiger partial charge < -0.3 is 9.88 Å². The number of hydrogen-bond acceptors (Lipinski definition) is 5. The quantitative estimate of drug-likeness (QED) is 0.534. The van der Waals surface area contributed by atoms with Crippen molar-refractivity contribution in [1.82, 2.24) is 9.88 Å². The van der Waals surface area contributed by atoms with E-state index in [1.165, 1.54) is 10.8 Å². The van der Waals surface area contributed by atoms with E-state index >= 15 is 0 Å². The third-order valence-electron chi connectivity index (χ3n) is 2.34. The standard InChI is InChI=1S/C9H14N4O5S/c1-2-12-6-7(13(15)16)5-8(12)9(14)11-3-4-19(10,17)18/h5-6H,2-4H2,1H3,(H,11,14)(H2,10,17,18). The molecule has 0 aromatic carbocycles. The molecule has 1 heterocycles. The molecule has 1 amide bonds. The van der Waals surface area contributed by atoms with Gasteiger partial charge in [0.05, 0.1) is 16.9 Å². The van der Waals surface area contributed by atoms with Crippen LogP contribution in [0.3, 0.4) is 0 Å². The summed E-state index contributed by atoms with van der Waals surface area (Å²) in [5, 5.41) is 17.7. The van der Waals surface area contributed by atoms with Gasteiger partial charge in [-0.05, 0) is 6.92 Å². The summed E-state index contributed by atoms with van der Waals surface area (Å²) in [5.74, 6) is -0.980. The van der Waals surface area contributed by atoms with Gasteiger partial charge in [0, 0.05) is 19.2 Å². The predicted molar refractivity (Wildman–Crippen MR) is 67.1 cm³/mol. The van der Waals surface area contributed by atoms with E-state index in [-0.39, 0.29) is 17.9 Å². The van der Waals surface area contributed by atoms with Crippen LogP contribution < -0.4 is 10.5 Å². The molecule has 0 radical (unpaired) electrons. The lowest BCUT2D eigenvalue weighted by atomic mass is 10.4. The number of nitrogens with one attached hydrogen (secondary N) is 1. The van der Waals surface area contributed by atoms with Crippen LogP contribution in [0.25, 0.3) is 0 Å². The fraction of sp³-hybridized carbons (Fsp3) is 0.444. The van der Waals surface area contributed by atoms with Crippen LogP contribution in [-0.2, 0) is 16.6 Å². The van der Waals surface area contributed by atoms with Gasteiger partial charge in [0.25, 0.3) is 11.6 Å². The first-order valence-corrected chi connectivity index (χ1v) is 7.09. The van der Waals surface area contributed by atoms with Gasteiger partial charge in [-0.2, -0.15) is 0 Å². The van der Waals surface area contributed by atoms with Gasteiger partial charge in [-0.25, -0.2) is 13.6 Å². The first-order valence-electron chi connectivity index (χ1n) is 5.38. The molecule has 0 fully saturated rings. The van der Waals surface area contributed by atoms with Crippen molar-refractivity contribution < 1.29 is 18.1 Å². The van der Waals surface area contributed by atoms with Crippen LogP contribution in [0.4, 0.5) is 5.69 Å². The number of primary sulfonamides is 1.